The number of Topliss-reactive ketones (excluding diaryl/α,β-unsaturated/α-hetero) is 1. The van der Waals surface area contributed by atoms with Crippen molar-refractivity contribution in [3.63, 3.8) is 0 Å². The number of nitrogens with zero attached hydrogens (tertiary/aromatic N) is 4. The summed E-state index contributed by atoms with van der Waals surface area (Å²) in [7, 11) is 2.11. The van der Waals surface area contributed by atoms with Crippen LogP contribution in [0.1, 0.15) is 17.4 Å². The lowest BCUT2D eigenvalue weighted by atomic mass is 9.99. The summed E-state index contributed by atoms with van der Waals surface area (Å²) < 4.78 is 5.59. The largest absolute Gasteiger partial charge is 0.507 e. The van der Waals surface area contributed by atoms with Crippen molar-refractivity contribution in [1.29, 1.82) is 0 Å². The van der Waals surface area contributed by atoms with Gasteiger partial charge in [-0.3, -0.25) is 19.5 Å². The Labute approximate surface area is 191 Å². The first-order valence-corrected chi connectivity index (χ1v) is 10.8. The second-order valence-corrected chi connectivity index (χ2v) is 8.23. The smallest absolute Gasteiger partial charge is 0.300 e. The Kier molecular flexibility index (Phi) is 5.43. The molecule has 5 rings (SSSR count). The number of likely N-dealkylation sites (N-methyl/N-ethyl adjacent to an activating group) is 1. The lowest BCUT2D eigenvalue weighted by molar-refractivity contribution is -0.132. The summed E-state index contributed by atoms with van der Waals surface area (Å²) in [6.07, 6.45) is 4.52. The van der Waals surface area contributed by atoms with Crippen LogP contribution in [0.3, 0.4) is 0 Å². The van der Waals surface area contributed by atoms with Gasteiger partial charge in [0.1, 0.15) is 17.6 Å². The topological polar surface area (TPSA) is 90.1 Å². The first-order chi connectivity index (χ1) is 16.0. The number of pyridine rings is 1. The normalized spacial score (nSPS) is 21.1. The number of aliphatic hydroxyl groups excluding tert-OH is 1. The van der Waals surface area contributed by atoms with Crippen molar-refractivity contribution in [2.75, 3.05) is 43.0 Å². The van der Waals surface area contributed by atoms with Gasteiger partial charge >= 0.3 is 0 Å². The van der Waals surface area contributed by atoms with Gasteiger partial charge in [-0.1, -0.05) is 0 Å². The summed E-state index contributed by atoms with van der Waals surface area (Å²) in [5.41, 5.74) is 2.02. The molecule has 0 spiro atoms. The fraction of sp³-hybridized carbons (Fsp3) is 0.240. The number of piperazine rings is 1. The third-order valence-electron chi connectivity index (χ3n) is 6.21. The Morgan fingerprint density at radius 3 is 2.27 bits per heavy atom. The summed E-state index contributed by atoms with van der Waals surface area (Å²) in [6.45, 7) is 3.84. The van der Waals surface area contributed by atoms with Crippen LogP contribution in [0.5, 0.6) is 0 Å². The van der Waals surface area contributed by atoms with E-state index in [0.29, 0.717) is 17.0 Å². The van der Waals surface area contributed by atoms with Crippen LogP contribution in [0.2, 0.25) is 0 Å². The lowest BCUT2D eigenvalue weighted by Gasteiger charge is -2.34. The summed E-state index contributed by atoms with van der Waals surface area (Å²) in [5, 5.41) is 11.0. The highest BCUT2D eigenvalue weighted by Crippen LogP contribution is 2.42. The maximum atomic E-state index is 13.1. The third kappa shape index (κ3) is 3.78. The van der Waals surface area contributed by atoms with Crippen LogP contribution >= 0.6 is 0 Å². The summed E-state index contributed by atoms with van der Waals surface area (Å²) in [5.74, 6) is -1.32. The summed E-state index contributed by atoms with van der Waals surface area (Å²) in [6, 6.07) is 13.3. The molecule has 1 aromatic carbocycles. The van der Waals surface area contributed by atoms with E-state index in [2.05, 4.69) is 21.8 Å². The summed E-state index contributed by atoms with van der Waals surface area (Å²) in [4.78, 5) is 36.1. The van der Waals surface area contributed by atoms with Crippen LogP contribution in [-0.4, -0.2) is 59.9 Å². The van der Waals surface area contributed by atoms with Crippen LogP contribution in [-0.2, 0) is 9.59 Å². The number of carbonyl (C=O) groups excluding carboxylic acids is 2. The van der Waals surface area contributed by atoms with Crippen molar-refractivity contribution in [3.05, 3.63) is 84.1 Å². The van der Waals surface area contributed by atoms with Crippen LogP contribution < -0.4 is 9.80 Å². The molecule has 1 unspecified atom stereocenters. The fourth-order valence-electron chi connectivity index (χ4n) is 4.37. The van der Waals surface area contributed by atoms with Crippen molar-refractivity contribution in [2.24, 2.45) is 0 Å². The molecule has 33 heavy (non-hydrogen) atoms. The molecule has 1 amide bonds. The van der Waals surface area contributed by atoms with E-state index in [0.717, 1.165) is 31.9 Å². The molecule has 1 N–H and O–H groups in total. The Bertz CT molecular complexity index is 1180. The quantitative estimate of drug-likeness (QED) is 0.376. The molecule has 2 saturated heterocycles. The molecule has 2 fully saturated rings. The number of anilines is 2. The predicted molar refractivity (Wildman–Crippen MR) is 124 cm³/mol. The van der Waals surface area contributed by atoms with Crippen molar-refractivity contribution in [3.8, 4) is 0 Å². The van der Waals surface area contributed by atoms with Gasteiger partial charge in [0, 0.05) is 55.5 Å². The van der Waals surface area contributed by atoms with Gasteiger partial charge in [0.15, 0.2) is 0 Å². The molecule has 8 nitrogen and oxygen atoms in total. The van der Waals surface area contributed by atoms with Crippen molar-refractivity contribution in [2.45, 2.75) is 6.04 Å². The number of hydrogen-bond donors (Lipinski definition) is 1. The number of carbonyl (C=O) groups is 2. The molecule has 2 aliphatic heterocycles. The van der Waals surface area contributed by atoms with E-state index in [1.807, 2.05) is 24.3 Å². The first kappa shape index (κ1) is 21.0. The zero-order chi connectivity index (χ0) is 22.9. The average Bonchev–Trinajstić information content (AvgIpc) is 3.47. The number of furan rings is 1. The number of ketones is 1. The van der Waals surface area contributed by atoms with Gasteiger partial charge in [0.05, 0.1) is 11.8 Å². The zero-order valence-corrected chi connectivity index (χ0v) is 18.2. The minimum atomic E-state index is -0.873. The maximum Gasteiger partial charge on any atom is 0.300 e. The predicted octanol–water partition coefficient (Wildman–Crippen LogP) is 3.05. The van der Waals surface area contributed by atoms with E-state index in [9.17, 15) is 14.7 Å². The number of aromatic nitrogens is 1. The van der Waals surface area contributed by atoms with Crippen LogP contribution in [0.25, 0.3) is 5.76 Å². The Morgan fingerprint density at radius 1 is 0.970 bits per heavy atom. The van der Waals surface area contributed by atoms with Gasteiger partial charge in [0.25, 0.3) is 11.7 Å². The molecular formula is C25H24N4O4. The van der Waals surface area contributed by atoms with Gasteiger partial charge in [-0.15, -0.1) is 0 Å². The monoisotopic (exact) mass is 444 g/mol. The van der Waals surface area contributed by atoms with E-state index < -0.39 is 17.7 Å². The lowest BCUT2D eigenvalue weighted by Crippen LogP contribution is -2.44. The van der Waals surface area contributed by atoms with Gasteiger partial charge in [-0.25, -0.2) is 0 Å². The highest BCUT2D eigenvalue weighted by atomic mass is 16.3. The van der Waals surface area contributed by atoms with E-state index in [1.165, 1.54) is 23.6 Å². The molecule has 3 aromatic rings. The molecule has 4 heterocycles. The van der Waals surface area contributed by atoms with E-state index >= 15 is 0 Å². The minimum Gasteiger partial charge on any atom is -0.507 e. The second kappa shape index (κ2) is 8.55. The van der Waals surface area contributed by atoms with E-state index in [4.69, 9.17) is 4.42 Å². The molecular weight excluding hydrogens is 420 g/mol. The Morgan fingerprint density at radius 2 is 1.64 bits per heavy atom. The number of benzene rings is 1. The maximum absolute atomic E-state index is 13.1. The second-order valence-electron chi connectivity index (χ2n) is 8.23. The standard InChI is InChI=1S/C25H24N4O4/c1-27-12-14-28(15-13-27)18-4-6-19(7-5-18)29-22(20-3-2-16-33-20)21(24(31)25(29)32)23(30)17-8-10-26-11-9-17/h2-11,16,22,30H,12-15H2,1H3/b23-21-. The molecule has 1 atom stereocenters. The van der Waals surface area contributed by atoms with Gasteiger partial charge in [-0.05, 0) is 55.6 Å². The first-order valence-electron chi connectivity index (χ1n) is 10.8. The molecule has 0 bridgehead atoms. The molecule has 8 heteroatoms. The number of rotatable bonds is 4. The molecule has 2 aliphatic rings. The third-order valence-corrected chi connectivity index (χ3v) is 6.21. The molecule has 2 aromatic heterocycles. The molecule has 168 valence electrons. The SMILES string of the molecule is CN1CCN(c2ccc(N3C(=O)C(=O)/C(=C(\O)c4ccncc4)C3c3ccco3)cc2)CC1. The van der Waals surface area contributed by atoms with Crippen molar-refractivity contribution in [1.82, 2.24) is 9.88 Å². The van der Waals surface area contributed by atoms with Crippen LogP contribution in [0.15, 0.2) is 77.2 Å². The zero-order valence-electron chi connectivity index (χ0n) is 18.2. The van der Waals surface area contributed by atoms with Crippen molar-refractivity contribution < 1.29 is 19.1 Å². The van der Waals surface area contributed by atoms with Gasteiger partial charge in [0.2, 0.25) is 0 Å². The van der Waals surface area contributed by atoms with Crippen molar-refractivity contribution >= 4 is 28.8 Å². The van der Waals surface area contributed by atoms with E-state index in [-0.39, 0.29) is 11.3 Å². The van der Waals surface area contributed by atoms with Crippen LogP contribution in [0, 0.1) is 0 Å². The average molecular weight is 444 g/mol. The van der Waals surface area contributed by atoms with Gasteiger partial charge < -0.3 is 19.3 Å². The number of hydrogen-bond acceptors (Lipinski definition) is 7. The Hall–Kier alpha value is -3.91. The number of aliphatic hydroxyl groups is 1. The minimum absolute atomic E-state index is 0.00991. The molecule has 0 radical (unpaired) electrons. The molecule has 0 aliphatic carbocycles. The fourth-order valence-corrected chi connectivity index (χ4v) is 4.37. The summed E-state index contributed by atoms with van der Waals surface area (Å²) >= 11 is 0. The highest BCUT2D eigenvalue weighted by molar-refractivity contribution is 6.51. The number of amides is 1. The van der Waals surface area contributed by atoms with Gasteiger partial charge in [-0.2, -0.15) is 0 Å². The molecule has 0 saturated carbocycles. The Balaban J connectivity index is 1.54. The van der Waals surface area contributed by atoms with Crippen LogP contribution in [0.4, 0.5) is 11.4 Å². The van der Waals surface area contributed by atoms with E-state index in [1.54, 1.807) is 24.3 Å². The highest BCUT2D eigenvalue weighted by Gasteiger charge is 2.48.